The number of carbonyl (C=O) groups is 1. The van der Waals surface area contributed by atoms with Gasteiger partial charge in [-0.2, -0.15) is 0 Å². The minimum absolute atomic E-state index is 0.0619. The van der Waals surface area contributed by atoms with Gasteiger partial charge in [0.25, 0.3) is 0 Å². The zero-order valence-corrected chi connectivity index (χ0v) is 17.0. The van der Waals surface area contributed by atoms with Crippen LogP contribution < -0.4 is 19.7 Å². The Balaban J connectivity index is 1.52. The molecule has 1 aromatic carbocycles. The molecule has 1 fully saturated rings. The Labute approximate surface area is 173 Å². The predicted molar refractivity (Wildman–Crippen MR) is 111 cm³/mol. The van der Waals surface area contributed by atoms with Crippen LogP contribution in [-0.4, -0.2) is 47.8 Å². The van der Waals surface area contributed by atoms with Gasteiger partial charge in [-0.25, -0.2) is 0 Å². The van der Waals surface area contributed by atoms with Crippen molar-refractivity contribution in [3.63, 3.8) is 0 Å². The van der Waals surface area contributed by atoms with Gasteiger partial charge in [-0.1, -0.05) is 11.6 Å². The summed E-state index contributed by atoms with van der Waals surface area (Å²) in [6.07, 6.45) is 3.55. The fraction of sp³-hybridized carbons (Fsp3) is 0.350. The van der Waals surface area contributed by atoms with Gasteiger partial charge in [-0.05, 0) is 37.1 Å². The number of hydrogen-bond donors (Lipinski definition) is 1. The summed E-state index contributed by atoms with van der Waals surface area (Å²) in [7, 11) is 3.16. The van der Waals surface area contributed by atoms with E-state index in [9.17, 15) is 4.79 Å². The van der Waals surface area contributed by atoms with E-state index >= 15 is 0 Å². The first kappa shape index (κ1) is 19.3. The van der Waals surface area contributed by atoms with Crippen LogP contribution in [0.5, 0.6) is 11.5 Å². The van der Waals surface area contributed by atoms with Crippen LogP contribution in [0.25, 0.3) is 5.65 Å². The molecule has 0 aliphatic carbocycles. The summed E-state index contributed by atoms with van der Waals surface area (Å²) in [4.78, 5) is 15.0. The van der Waals surface area contributed by atoms with Crippen LogP contribution in [0.1, 0.15) is 12.8 Å². The first-order valence-electron chi connectivity index (χ1n) is 9.38. The van der Waals surface area contributed by atoms with Crippen LogP contribution >= 0.6 is 11.6 Å². The van der Waals surface area contributed by atoms with Gasteiger partial charge in [0.1, 0.15) is 11.5 Å². The van der Waals surface area contributed by atoms with Crippen molar-refractivity contribution in [1.29, 1.82) is 0 Å². The number of nitrogens with zero attached hydrogens (tertiary/aromatic N) is 4. The number of fused-ring (bicyclic) bond motifs is 1. The third-order valence-electron chi connectivity index (χ3n) is 5.11. The van der Waals surface area contributed by atoms with E-state index in [2.05, 4.69) is 20.4 Å². The van der Waals surface area contributed by atoms with E-state index in [1.807, 2.05) is 16.7 Å². The summed E-state index contributed by atoms with van der Waals surface area (Å²) >= 11 is 6.20. The molecule has 9 heteroatoms. The molecule has 3 aromatic rings. The van der Waals surface area contributed by atoms with Crippen LogP contribution in [0.4, 0.5) is 11.6 Å². The molecule has 3 heterocycles. The van der Waals surface area contributed by atoms with E-state index < -0.39 is 0 Å². The van der Waals surface area contributed by atoms with E-state index in [1.165, 1.54) is 0 Å². The minimum atomic E-state index is -0.189. The molecule has 0 spiro atoms. The van der Waals surface area contributed by atoms with Crippen molar-refractivity contribution in [2.45, 2.75) is 12.8 Å². The number of hydrogen-bond acceptors (Lipinski definition) is 6. The molecule has 1 aliphatic heterocycles. The van der Waals surface area contributed by atoms with Crippen molar-refractivity contribution in [1.82, 2.24) is 14.6 Å². The second kappa shape index (κ2) is 8.16. The molecule has 8 nitrogen and oxygen atoms in total. The molecule has 0 radical (unpaired) electrons. The van der Waals surface area contributed by atoms with Gasteiger partial charge < -0.3 is 19.7 Å². The lowest BCUT2D eigenvalue weighted by Gasteiger charge is -2.32. The van der Waals surface area contributed by atoms with Crippen LogP contribution in [-0.2, 0) is 4.79 Å². The van der Waals surface area contributed by atoms with Crippen molar-refractivity contribution < 1.29 is 14.3 Å². The number of methoxy groups -OCH3 is 2. The number of amides is 1. The Morgan fingerprint density at radius 1 is 1.24 bits per heavy atom. The summed E-state index contributed by atoms with van der Waals surface area (Å²) in [5.74, 6) is 1.68. The van der Waals surface area contributed by atoms with Crippen LogP contribution in [0.15, 0.2) is 36.5 Å². The lowest BCUT2D eigenvalue weighted by molar-refractivity contribution is -0.120. The number of aromatic nitrogens is 3. The summed E-state index contributed by atoms with van der Waals surface area (Å²) in [6, 6.07) is 8.95. The fourth-order valence-corrected chi connectivity index (χ4v) is 3.81. The van der Waals surface area contributed by atoms with E-state index in [0.717, 1.165) is 19.4 Å². The number of rotatable bonds is 5. The largest absolute Gasteiger partial charge is 0.497 e. The Hall–Kier alpha value is -3.00. The highest BCUT2D eigenvalue weighted by atomic mass is 35.5. The summed E-state index contributed by atoms with van der Waals surface area (Å²) in [5, 5.41) is 12.0. The van der Waals surface area contributed by atoms with Gasteiger partial charge in [0.15, 0.2) is 5.65 Å². The smallest absolute Gasteiger partial charge is 0.231 e. The highest BCUT2D eigenvalue weighted by molar-refractivity contribution is 6.33. The van der Waals surface area contributed by atoms with E-state index in [4.69, 9.17) is 21.1 Å². The van der Waals surface area contributed by atoms with Gasteiger partial charge in [-0.3, -0.25) is 9.20 Å². The lowest BCUT2D eigenvalue weighted by Crippen LogP contribution is -2.41. The molecule has 1 unspecified atom stereocenters. The second-order valence-corrected chi connectivity index (χ2v) is 7.30. The average molecular weight is 416 g/mol. The lowest BCUT2D eigenvalue weighted by atomic mass is 9.97. The van der Waals surface area contributed by atoms with E-state index in [0.29, 0.717) is 40.3 Å². The maximum atomic E-state index is 13.0. The predicted octanol–water partition coefficient (Wildman–Crippen LogP) is 3.26. The summed E-state index contributed by atoms with van der Waals surface area (Å²) < 4.78 is 12.5. The molecular formula is C20H22ClN5O3. The van der Waals surface area contributed by atoms with Crippen molar-refractivity contribution in [2.24, 2.45) is 5.92 Å². The molecule has 0 bridgehead atoms. The molecule has 1 aliphatic rings. The third kappa shape index (κ3) is 3.80. The number of nitrogens with one attached hydrogen (secondary N) is 1. The molecule has 1 atom stereocenters. The Morgan fingerprint density at radius 2 is 2.10 bits per heavy atom. The zero-order chi connectivity index (χ0) is 20.4. The first-order chi connectivity index (χ1) is 14.1. The maximum absolute atomic E-state index is 13.0. The summed E-state index contributed by atoms with van der Waals surface area (Å²) in [5.41, 5.74) is 1.20. The number of benzene rings is 1. The number of ether oxygens (including phenoxy) is 2. The molecule has 1 amide bonds. The highest BCUT2D eigenvalue weighted by Crippen LogP contribution is 2.31. The molecule has 29 heavy (non-hydrogen) atoms. The number of carbonyl (C=O) groups excluding carboxylic acids is 1. The fourth-order valence-electron chi connectivity index (χ4n) is 3.61. The number of pyridine rings is 1. The molecule has 0 saturated carbocycles. The highest BCUT2D eigenvalue weighted by Gasteiger charge is 2.29. The van der Waals surface area contributed by atoms with Crippen LogP contribution in [0, 0.1) is 5.92 Å². The van der Waals surface area contributed by atoms with Gasteiger partial charge in [0.2, 0.25) is 11.9 Å². The number of anilines is 2. The molecule has 2 aromatic heterocycles. The Morgan fingerprint density at radius 3 is 2.90 bits per heavy atom. The van der Waals surface area contributed by atoms with E-state index in [-0.39, 0.29) is 11.8 Å². The Kier molecular flexibility index (Phi) is 5.44. The quantitative estimate of drug-likeness (QED) is 0.688. The standard InChI is InChI=1S/C20H22ClN5O3/c1-28-14-7-8-17(29-2)16(11-14)22-19(27)13-5-3-9-25(12-13)20-24-23-18-15(21)6-4-10-26(18)20/h4,6-8,10-11,13H,3,5,9,12H2,1-2H3,(H,22,27). The average Bonchev–Trinajstić information content (AvgIpc) is 3.19. The molecule has 152 valence electrons. The molecule has 4 rings (SSSR count). The van der Waals surface area contributed by atoms with Crippen LogP contribution in [0.3, 0.4) is 0 Å². The number of piperidine rings is 1. The third-order valence-corrected chi connectivity index (χ3v) is 5.40. The molecule has 1 saturated heterocycles. The number of halogens is 1. The zero-order valence-electron chi connectivity index (χ0n) is 16.3. The van der Waals surface area contributed by atoms with Gasteiger partial charge in [-0.15, -0.1) is 10.2 Å². The SMILES string of the molecule is COc1ccc(OC)c(NC(=O)C2CCCN(c3nnc4c(Cl)cccn34)C2)c1. The molecule has 1 N–H and O–H groups in total. The van der Waals surface area contributed by atoms with Crippen molar-refractivity contribution in [3.05, 3.63) is 41.6 Å². The first-order valence-corrected chi connectivity index (χ1v) is 9.75. The summed E-state index contributed by atoms with van der Waals surface area (Å²) in [6.45, 7) is 1.35. The topological polar surface area (TPSA) is 81.0 Å². The normalized spacial score (nSPS) is 16.7. The Bertz CT molecular complexity index is 1040. The maximum Gasteiger partial charge on any atom is 0.231 e. The second-order valence-electron chi connectivity index (χ2n) is 6.89. The van der Waals surface area contributed by atoms with Gasteiger partial charge in [0.05, 0.1) is 30.8 Å². The van der Waals surface area contributed by atoms with Crippen LogP contribution in [0.2, 0.25) is 5.02 Å². The molecular weight excluding hydrogens is 394 g/mol. The monoisotopic (exact) mass is 415 g/mol. The van der Waals surface area contributed by atoms with Gasteiger partial charge in [0, 0.05) is 25.4 Å². The van der Waals surface area contributed by atoms with Crippen molar-refractivity contribution in [3.8, 4) is 11.5 Å². The minimum Gasteiger partial charge on any atom is -0.497 e. The van der Waals surface area contributed by atoms with Crippen molar-refractivity contribution >= 4 is 34.8 Å². The van der Waals surface area contributed by atoms with E-state index in [1.54, 1.807) is 38.5 Å². The van der Waals surface area contributed by atoms with Crippen molar-refractivity contribution in [2.75, 3.05) is 37.5 Å². The van der Waals surface area contributed by atoms with Gasteiger partial charge >= 0.3 is 0 Å².